The van der Waals surface area contributed by atoms with E-state index in [2.05, 4.69) is 5.32 Å². The number of sulfonamides is 1. The van der Waals surface area contributed by atoms with Gasteiger partial charge in [0.15, 0.2) is 0 Å². The molecule has 0 saturated heterocycles. The summed E-state index contributed by atoms with van der Waals surface area (Å²) in [4.78, 5) is 29.6. The molecule has 0 aliphatic heterocycles. The molecule has 0 unspecified atom stereocenters. The number of hydrogen-bond donors (Lipinski definition) is 1. The summed E-state index contributed by atoms with van der Waals surface area (Å²) < 4.78 is 42.7. The second-order valence-electron chi connectivity index (χ2n) is 11.4. The standard InChI is InChI=1S/C34H35ClFN3O4S/c1-34(2,3)37-33(41)31(22-25-11-6-4-7-12-25)38(23-26-13-10-14-27(35)21-26)32(40)24-39(29-19-17-28(36)18-20-29)44(42,43)30-15-8-5-9-16-30/h4-21,31H,22-24H2,1-3H3,(H,37,41)/t31-/m0/s1. The van der Waals surface area contributed by atoms with Gasteiger partial charge in [-0.15, -0.1) is 0 Å². The van der Waals surface area contributed by atoms with Crippen molar-refractivity contribution in [1.29, 1.82) is 0 Å². The van der Waals surface area contributed by atoms with Crippen molar-refractivity contribution in [1.82, 2.24) is 10.2 Å². The first-order valence-corrected chi connectivity index (χ1v) is 15.9. The maximum atomic E-state index is 14.4. The van der Waals surface area contributed by atoms with E-state index in [0.717, 1.165) is 22.0 Å². The van der Waals surface area contributed by atoms with Crippen molar-refractivity contribution in [2.45, 2.75) is 50.2 Å². The molecule has 44 heavy (non-hydrogen) atoms. The molecule has 0 aliphatic rings. The molecule has 0 radical (unpaired) electrons. The van der Waals surface area contributed by atoms with Crippen LogP contribution in [0.3, 0.4) is 0 Å². The SMILES string of the molecule is CC(C)(C)NC(=O)[C@H](Cc1ccccc1)N(Cc1cccc(Cl)c1)C(=O)CN(c1ccc(F)cc1)S(=O)(=O)c1ccccc1. The normalized spacial score (nSPS) is 12.3. The molecule has 2 amide bonds. The summed E-state index contributed by atoms with van der Waals surface area (Å²) in [5.74, 6) is -1.57. The number of carbonyl (C=O) groups excluding carboxylic acids is 2. The zero-order valence-electron chi connectivity index (χ0n) is 24.8. The average Bonchev–Trinajstić information content (AvgIpc) is 2.98. The Morgan fingerprint density at radius 2 is 1.43 bits per heavy atom. The largest absolute Gasteiger partial charge is 0.350 e. The van der Waals surface area contributed by atoms with Gasteiger partial charge in [-0.1, -0.05) is 72.3 Å². The van der Waals surface area contributed by atoms with E-state index in [9.17, 15) is 22.4 Å². The highest BCUT2D eigenvalue weighted by molar-refractivity contribution is 7.92. The van der Waals surface area contributed by atoms with E-state index in [1.807, 2.05) is 51.1 Å². The van der Waals surface area contributed by atoms with Crippen LogP contribution in [-0.4, -0.2) is 43.3 Å². The molecule has 4 aromatic rings. The first-order valence-electron chi connectivity index (χ1n) is 14.1. The molecule has 0 fully saturated rings. The number of rotatable bonds is 11. The second-order valence-corrected chi connectivity index (χ2v) is 13.7. The van der Waals surface area contributed by atoms with Gasteiger partial charge in [-0.3, -0.25) is 13.9 Å². The molecule has 10 heteroatoms. The third-order valence-corrected chi connectivity index (χ3v) is 8.76. The van der Waals surface area contributed by atoms with Crippen LogP contribution >= 0.6 is 11.6 Å². The van der Waals surface area contributed by atoms with Crippen LogP contribution in [0.4, 0.5) is 10.1 Å². The van der Waals surface area contributed by atoms with E-state index in [-0.39, 0.29) is 23.5 Å². The molecule has 4 aromatic carbocycles. The van der Waals surface area contributed by atoms with Gasteiger partial charge in [-0.05, 0) is 80.4 Å². The first-order chi connectivity index (χ1) is 20.8. The lowest BCUT2D eigenvalue weighted by Crippen LogP contribution is -2.56. The number of halogens is 2. The summed E-state index contributed by atoms with van der Waals surface area (Å²) >= 11 is 6.27. The minimum atomic E-state index is -4.27. The Balaban J connectivity index is 1.81. The number of nitrogens with one attached hydrogen (secondary N) is 1. The van der Waals surface area contributed by atoms with Crippen LogP contribution in [0.2, 0.25) is 5.02 Å². The molecule has 0 aliphatic carbocycles. The molecule has 230 valence electrons. The second kappa shape index (κ2) is 14.1. The molecule has 4 rings (SSSR count). The van der Waals surface area contributed by atoms with Gasteiger partial charge in [0.25, 0.3) is 10.0 Å². The Morgan fingerprint density at radius 1 is 0.841 bits per heavy atom. The summed E-state index contributed by atoms with van der Waals surface area (Å²) in [7, 11) is -4.27. The number of hydrogen-bond acceptors (Lipinski definition) is 4. The molecule has 0 saturated carbocycles. The molecule has 0 bridgehead atoms. The lowest BCUT2D eigenvalue weighted by molar-refractivity contribution is -0.140. The highest BCUT2D eigenvalue weighted by Crippen LogP contribution is 2.26. The monoisotopic (exact) mass is 635 g/mol. The van der Waals surface area contributed by atoms with Crippen LogP contribution < -0.4 is 9.62 Å². The Morgan fingerprint density at radius 3 is 2.02 bits per heavy atom. The zero-order chi connectivity index (χ0) is 31.9. The smallest absolute Gasteiger partial charge is 0.264 e. The summed E-state index contributed by atoms with van der Waals surface area (Å²) in [6.07, 6.45) is 0.178. The van der Waals surface area contributed by atoms with Crippen molar-refractivity contribution in [3.05, 3.63) is 131 Å². The Hall–Kier alpha value is -4.21. The highest BCUT2D eigenvalue weighted by atomic mass is 35.5. The Labute approximate surface area is 263 Å². The van der Waals surface area contributed by atoms with Crippen molar-refractivity contribution in [3.8, 4) is 0 Å². The highest BCUT2D eigenvalue weighted by Gasteiger charge is 2.35. The third-order valence-electron chi connectivity index (χ3n) is 6.74. The van der Waals surface area contributed by atoms with Gasteiger partial charge in [0.1, 0.15) is 18.4 Å². The van der Waals surface area contributed by atoms with Crippen molar-refractivity contribution in [3.63, 3.8) is 0 Å². The maximum Gasteiger partial charge on any atom is 0.264 e. The number of anilines is 1. The van der Waals surface area contributed by atoms with Gasteiger partial charge in [-0.25, -0.2) is 12.8 Å². The predicted molar refractivity (Wildman–Crippen MR) is 171 cm³/mol. The van der Waals surface area contributed by atoms with E-state index in [0.29, 0.717) is 10.6 Å². The molecule has 1 N–H and O–H groups in total. The third kappa shape index (κ3) is 8.67. The molecule has 7 nitrogen and oxygen atoms in total. The minimum absolute atomic E-state index is 0.0168. The number of carbonyl (C=O) groups is 2. The zero-order valence-corrected chi connectivity index (χ0v) is 26.4. The van der Waals surface area contributed by atoms with Crippen LogP contribution in [-0.2, 0) is 32.6 Å². The van der Waals surface area contributed by atoms with Gasteiger partial charge in [-0.2, -0.15) is 0 Å². The van der Waals surface area contributed by atoms with Gasteiger partial charge in [0.2, 0.25) is 11.8 Å². The molecule has 0 heterocycles. The lowest BCUT2D eigenvalue weighted by atomic mass is 10.0. The van der Waals surface area contributed by atoms with Gasteiger partial charge in [0, 0.05) is 23.5 Å². The van der Waals surface area contributed by atoms with E-state index in [1.165, 1.54) is 29.2 Å². The summed E-state index contributed by atoms with van der Waals surface area (Å²) in [6, 6.07) is 27.8. The lowest BCUT2D eigenvalue weighted by Gasteiger charge is -2.35. The van der Waals surface area contributed by atoms with E-state index < -0.39 is 45.8 Å². The Bertz CT molecular complexity index is 1680. The predicted octanol–water partition coefficient (Wildman–Crippen LogP) is 6.23. The maximum absolute atomic E-state index is 14.4. The van der Waals surface area contributed by atoms with Gasteiger partial charge < -0.3 is 10.2 Å². The summed E-state index contributed by atoms with van der Waals surface area (Å²) in [6.45, 7) is 4.87. The van der Waals surface area contributed by atoms with E-state index in [4.69, 9.17) is 11.6 Å². The van der Waals surface area contributed by atoms with Crippen LogP contribution in [0.1, 0.15) is 31.9 Å². The van der Waals surface area contributed by atoms with Gasteiger partial charge >= 0.3 is 0 Å². The number of benzene rings is 4. The van der Waals surface area contributed by atoms with Crippen LogP contribution in [0.5, 0.6) is 0 Å². The summed E-state index contributed by atoms with van der Waals surface area (Å²) in [5, 5.41) is 3.44. The molecule has 0 aromatic heterocycles. The first kappa shape index (κ1) is 32.7. The number of nitrogens with zero attached hydrogens (tertiary/aromatic N) is 2. The van der Waals surface area contributed by atoms with Crippen LogP contribution in [0.15, 0.2) is 114 Å². The average molecular weight is 636 g/mol. The van der Waals surface area contributed by atoms with Crippen LogP contribution in [0, 0.1) is 5.82 Å². The molecular formula is C34H35ClFN3O4S. The van der Waals surface area contributed by atoms with Crippen molar-refractivity contribution in [2.24, 2.45) is 0 Å². The molecule has 0 spiro atoms. The fourth-order valence-electron chi connectivity index (χ4n) is 4.69. The van der Waals surface area contributed by atoms with E-state index in [1.54, 1.807) is 42.5 Å². The fraction of sp³-hybridized carbons (Fsp3) is 0.235. The number of amides is 2. The minimum Gasteiger partial charge on any atom is -0.350 e. The summed E-state index contributed by atoms with van der Waals surface area (Å²) in [5.41, 5.74) is 0.975. The topological polar surface area (TPSA) is 86.8 Å². The van der Waals surface area contributed by atoms with E-state index >= 15 is 0 Å². The molecule has 1 atom stereocenters. The quantitative estimate of drug-likeness (QED) is 0.212. The molecular weight excluding hydrogens is 601 g/mol. The fourth-order valence-corrected chi connectivity index (χ4v) is 6.34. The van der Waals surface area contributed by atoms with Crippen molar-refractivity contribution >= 4 is 39.1 Å². The van der Waals surface area contributed by atoms with Crippen molar-refractivity contribution < 1.29 is 22.4 Å². The van der Waals surface area contributed by atoms with Crippen LogP contribution in [0.25, 0.3) is 0 Å². The van der Waals surface area contributed by atoms with Crippen molar-refractivity contribution in [2.75, 3.05) is 10.8 Å². The Kier molecular flexibility index (Phi) is 10.4. The van der Waals surface area contributed by atoms with Gasteiger partial charge in [0.05, 0.1) is 10.6 Å².